The minimum absolute atomic E-state index is 0.0113. The number of benzene rings is 1. The van der Waals surface area contributed by atoms with Gasteiger partial charge in [0.1, 0.15) is 0 Å². The van der Waals surface area contributed by atoms with Gasteiger partial charge in [-0.25, -0.2) is 0 Å². The van der Waals surface area contributed by atoms with Gasteiger partial charge in [0.25, 0.3) is 0 Å². The molecule has 1 aliphatic rings. The number of thiocarbonyl (C=S) groups is 1. The molecule has 1 unspecified atom stereocenters. The fraction of sp³-hybridized carbons (Fsp3) is 0.500. The first kappa shape index (κ1) is 15.3. The number of alkyl halides is 3. The van der Waals surface area contributed by atoms with Crippen LogP contribution in [-0.4, -0.2) is 35.2 Å². The van der Waals surface area contributed by atoms with Crippen LogP contribution in [0.4, 0.5) is 13.2 Å². The van der Waals surface area contributed by atoms with Gasteiger partial charge in [0, 0.05) is 18.5 Å². The summed E-state index contributed by atoms with van der Waals surface area (Å²) < 4.78 is 37.9. The maximum absolute atomic E-state index is 12.6. The number of hydrogen-bond donors (Lipinski definition) is 1. The molecule has 2 N–H and O–H groups in total. The van der Waals surface area contributed by atoms with Gasteiger partial charge < -0.3 is 5.73 Å². The molecule has 0 spiro atoms. The van der Waals surface area contributed by atoms with E-state index in [-0.39, 0.29) is 23.5 Å². The first-order valence-corrected chi connectivity index (χ1v) is 6.92. The predicted octanol–water partition coefficient (Wildman–Crippen LogP) is 3.08. The molecule has 0 heterocycles. The molecule has 0 amide bonds. The summed E-state index contributed by atoms with van der Waals surface area (Å²) in [5, 5.41) is 0. The second-order valence-corrected chi connectivity index (χ2v) is 5.61. The Morgan fingerprint density at radius 2 is 1.90 bits per heavy atom. The second kappa shape index (κ2) is 6.10. The third kappa shape index (κ3) is 4.45. The zero-order valence-electron chi connectivity index (χ0n) is 10.9. The highest BCUT2D eigenvalue weighted by Crippen LogP contribution is 2.32. The molecule has 1 aromatic rings. The smallest absolute Gasteiger partial charge is 0.393 e. The topological polar surface area (TPSA) is 29.3 Å². The van der Waals surface area contributed by atoms with Crippen LogP contribution in [0, 0.1) is 0 Å². The molecule has 1 aromatic carbocycles. The van der Waals surface area contributed by atoms with Crippen LogP contribution in [0.5, 0.6) is 0 Å². The Hall–Kier alpha value is -1.14. The lowest BCUT2D eigenvalue weighted by Gasteiger charge is -2.28. The van der Waals surface area contributed by atoms with E-state index in [0.717, 1.165) is 18.4 Å². The molecule has 1 aliphatic carbocycles. The summed E-state index contributed by atoms with van der Waals surface area (Å²) in [6.07, 6.45) is -2.57. The summed E-state index contributed by atoms with van der Waals surface area (Å²) in [4.78, 5) is 1.70. The lowest BCUT2D eigenvalue weighted by Crippen LogP contribution is -2.41. The van der Waals surface area contributed by atoms with E-state index in [9.17, 15) is 13.2 Å². The van der Waals surface area contributed by atoms with Crippen molar-refractivity contribution in [2.45, 2.75) is 31.0 Å². The van der Waals surface area contributed by atoms with Gasteiger partial charge in [-0.05, 0) is 18.4 Å². The predicted molar refractivity (Wildman–Crippen MR) is 76.6 cm³/mol. The molecule has 2 nitrogen and oxygen atoms in total. The Morgan fingerprint density at radius 1 is 1.30 bits per heavy atom. The highest BCUT2D eigenvalue weighted by atomic mass is 32.1. The molecule has 0 aliphatic heterocycles. The van der Waals surface area contributed by atoms with Gasteiger partial charge >= 0.3 is 6.18 Å². The van der Waals surface area contributed by atoms with Crippen LogP contribution in [-0.2, 0) is 0 Å². The highest BCUT2D eigenvalue weighted by molar-refractivity contribution is 7.80. The van der Waals surface area contributed by atoms with Gasteiger partial charge in [-0.3, -0.25) is 4.90 Å². The van der Waals surface area contributed by atoms with Crippen molar-refractivity contribution in [2.75, 3.05) is 13.1 Å². The van der Waals surface area contributed by atoms with Gasteiger partial charge in [-0.15, -0.1) is 0 Å². The van der Waals surface area contributed by atoms with Crippen molar-refractivity contribution >= 4 is 17.2 Å². The fourth-order valence-electron chi connectivity index (χ4n) is 2.29. The zero-order chi connectivity index (χ0) is 14.8. The van der Waals surface area contributed by atoms with Gasteiger partial charge in [-0.2, -0.15) is 13.2 Å². The van der Waals surface area contributed by atoms with Crippen LogP contribution in [0.3, 0.4) is 0 Å². The lowest BCUT2D eigenvalue weighted by atomic mass is 9.98. The third-order valence-corrected chi connectivity index (χ3v) is 3.69. The average molecular weight is 302 g/mol. The summed E-state index contributed by atoms with van der Waals surface area (Å²) >= 11 is 5.04. The monoisotopic (exact) mass is 302 g/mol. The van der Waals surface area contributed by atoms with Gasteiger partial charge in [0.15, 0.2) is 0 Å². The van der Waals surface area contributed by atoms with Crippen LogP contribution < -0.4 is 5.73 Å². The van der Waals surface area contributed by atoms with E-state index < -0.39 is 12.7 Å². The fourth-order valence-corrected chi connectivity index (χ4v) is 2.50. The molecule has 0 radical (unpaired) electrons. The molecule has 0 aromatic heterocycles. The second-order valence-electron chi connectivity index (χ2n) is 5.14. The summed E-state index contributed by atoms with van der Waals surface area (Å²) in [7, 11) is 0. The number of hydrogen-bond acceptors (Lipinski definition) is 2. The molecule has 1 saturated carbocycles. The van der Waals surface area contributed by atoms with Crippen molar-refractivity contribution in [1.82, 2.24) is 4.90 Å². The molecular formula is C14H17F3N2S. The SMILES string of the molecule is NC(=S)C(CN(CC(F)(F)F)C1CC1)c1ccccc1. The first-order chi connectivity index (χ1) is 9.37. The van der Waals surface area contributed by atoms with Gasteiger partial charge in [-0.1, -0.05) is 42.5 Å². The maximum atomic E-state index is 12.6. The van der Waals surface area contributed by atoms with E-state index in [4.69, 9.17) is 18.0 Å². The van der Waals surface area contributed by atoms with Crippen LogP contribution >= 0.6 is 12.2 Å². The Kier molecular flexibility index (Phi) is 4.65. The van der Waals surface area contributed by atoms with E-state index in [1.54, 1.807) is 0 Å². The Morgan fingerprint density at radius 3 is 2.35 bits per heavy atom. The van der Waals surface area contributed by atoms with Gasteiger partial charge in [0.05, 0.1) is 11.5 Å². The summed E-state index contributed by atoms with van der Waals surface area (Å²) in [5.74, 6) is -0.339. The highest BCUT2D eigenvalue weighted by Gasteiger charge is 2.39. The molecule has 6 heteroatoms. The molecule has 0 saturated heterocycles. The number of halogens is 3. The van der Waals surface area contributed by atoms with Crippen molar-refractivity contribution in [3.8, 4) is 0 Å². The zero-order valence-corrected chi connectivity index (χ0v) is 11.8. The first-order valence-electron chi connectivity index (χ1n) is 6.52. The minimum atomic E-state index is -4.19. The van der Waals surface area contributed by atoms with Crippen LogP contribution in [0.2, 0.25) is 0 Å². The Balaban J connectivity index is 2.11. The average Bonchev–Trinajstić information content (AvgIpc) is 3.17. The Labute approximate surface area is 121 Å². The third-order valence-electron chi connectivity index (χ3n) is 3.41. The van der Waals surface area contributed by atoms with Crippen molar-refractivity contribution in [2.24, 2.45) is 5.73 Å². The van der Waals surface area contributed by atoms with Crippen LogP contribution in [0.15, 0.2) is 30.3 Å². The van der Waals surface area contributed by atoms with Crippen LogP contribution in [0.25, 0.3) is 0 Å². The molecule has 1 fully saturated rings. The summed E-state index contributed by atoms with van der Waals surface area (Å²) in [6.45, 7) is -0.673. The van der Waals surface area contributed by atoms with Crippen molar-refractivity contribution in [3.05, 3.63) is 35.9 Å². The number of nitrogens with two attached hydrogens (primary N) is 1. The normalized spacial score (nSPS) is 17.2. The summed E-state index contributed by atoms with van der Waals surface area (Å²) in [5.41, 5.74) is 6.59. The Bertz CT molecular complexity index is 457. The number of rotatable bonds is 6. The van der Waals surface area contributed by atoms with Crippen molar-refractivity contribution < 1.29 is 13.2 Å². The van der Waals surface area contributed by atoms with Crippen LogP contribution in [0.1, 0.15) is 24.3 Å². The van der Waals surface area contributed by atoms with E-state index in [2.05, 4.69) is 0 Å². The summed E-state index contributed by atoms with van der Waals surface area (Å²) in [6, 6.07) is 9.24. The molecule has 110 valence electrons. The standard InChI is InChI=1S/C14H17F3N2S/c15-14(16,17)9-19(11-6-7-11)8-12(13(18)20)10-4-2-1-3-5-10/h1-5,11-12H,6-9H2,(H2,18,20). The number of nitrogens with zero attached hydrogens (tertiary/aromatic N) is 1. The molecule has 0 bridgehead atoms. The largest absolute Gasteiger partial charge is 0.401 e. The van der Waals surface area contributed by atoms with Crippen molar-refractivity contribution in [3.63, 3.8) is 0 Å². The lowest BCUT2D eigenvalue weighted by molar-refractivity contribution is -0.147. The molecule has 20 heavy (non-hydrogen) atoms. The maximum Gasteiger partial charge on any atom is 0.401 e. The molecular weight excluding hydrogens is 285 g/mol. The van der Waals surface area contributed by atoms with E-state index in [1.807, 2.05) is 30.3 Å². The van der Waals surface area contributed by atoms with Gasteiger partial charge in [0.2, 0.25) is 0 Å². The van der Waals surface area contributed by atoms with E-state index in [1.165, 1.54) is 4.90 Å². The molecule has 2 rings (SSSR count). The molecule has 1 atom stereocenters. The van der Waals surface area contributed by atoms with Crippen molar-refractivity contribution in [1.29, 1.82) is 0 Å². The van der Waals surface area contributed by atoms with E-state index in [0.29, 0.717) is 0 Å². The quantitative estimate of drug-likeness (QED) is 0.819. The minimum Gasteiger partial charge on any atom is -0.393 e. The van der Waals surface area contributed by atoms with E-state index >= 15 is 0 Å².